The Morgan fingerprint density at radius 1 is 0.311 bits per heavy atom. The van der Waals surface area contributed by atoms with Crippen molar-refractivity contribution in [3.05, 3.63) is 301 Å². The first kappa shape index (κ1) is 56.7. The van der Waals surface area contributed by atoms with Crippen molar-refractivity contribution < 1.29 is 15.4 Å². The molecule has 0 aliphatic carbocycles. The molecule has 0 radical (unpaired) electrons. The lowest BCUT2D eigenvalue weighted by Gasteiger charge is -2.46. The minimum absolute atomic E-state index is 0.00965. The van der Waals surface area contributed by atoms with Crippen molar-refractivity contribution in [2.45, 2.75) is 131 Å². The van der Waals surface area contributed by atoms with Crippen LogP contribution in [0.1, 0.15) is 143 Å². The maximum Gasteiger partial charge on any atom is 0.252 e. The average molecular weight is 1340 g/mol. The Labute approximate surface area is 620 Å². The molecule has 0 bridgehead atoms. The SMILES string of the molecule is [2H]c1c([2H])c([2H])c2c(c1[2H])c1c([2H])c([2H])c([2H])c([2H])c1n2-c1ccc2c(c1)N(c1c(-c3ccccc3)cc(C(C)(C)C)cc1-c1ccccc1)c1cc(-c3cc(C(C)(C)C)cc(C(C)(C)C)c3)cc3c1B2c1ccc(-c2cc(C(C)(C)C)cc(C(C)(C)C)c2)cc1N3c1cc(-c2ccccc2)cc2oc3ccccc3c12. The van der Waals surface area contributed by atoms with E-state index >= 15 is 0 Å². The van der Waals surface area contributed by atoms with Gasteiger partial charge in [0.1, 0.15) is 11.2 Å². The molecule has 2 aliphatic heterocycles. The van der Waals surface area contributed by atoms with Crippen LogP contribution in [0.3, 0.4) is 0 Å². The third kappa shape index (κ3) is 11.2. The van der Waals surface area contributed by atoms with Gasteiger partial charge in [-0.3, -0.25) is 0 Å². The van der Waals surface area contributed by atoms with Crippen LogP contribution in [-0.2, 0) is 27.1 Å². The van der Waals surface area contributed by atoms with Gasteiger partial charge in [-0.1, -0.05) is 304 Å². The number of nitrogens with zero attached hydrogens (tertiary/aromatic N) is 3. The van der Waals surface area contributed by atoms with Crippen molar-refractivity contribution in [2.24, 2.45) is 0 Å². The molecular weight excluding hydrogens is 1250 g/mol. The lowest BCUT2D eigenvalue weighted by atomic mass is 9.33. The normalized spacial score (nSPS) is 14.4. The van der Waals surface area contributed by atoms with E-state index in [1.165, 1.54) is 22.3 Å². The van der Waals surface area contributed by atoms with Crippen LogP contribution < -0.4 is 26.2 Å². The molecule has 15 aromatic rings. The first-order valence-electron chi connectivity index (χ1n) is 40.3. The molecule has 0 amide bonds. The summed E-state index contributed by atoms with van der Waals surface area (Å²) in [6, 6.07) is 78.6. The fraction of sp³-hybridized carbons (Fsp3) is 0.204. The third-order valence-corrected chi connectivity index (χ3v) is 21.5. The first-order valence-corrected chi connectivity index (χ1v) is 36.3. The van der Waals surface area contributed by atoms with Crippen molar-refractivity contribution in [3.63, 3.8) is 0 Å². The number of furan rings is 1. The lowest BCUT2D eigenvalue weighted by molar-refractivity contribution is 0.568. The fourth-order valence-electron chi connectivity index (χ4n) is 15.8. The van der Waals surface area contributed by atoms with Gasteiger partial charge >= 0.3 is 0 Å². The molecular formula is C98H90BN3O. The number of anilines is 6. The van der Waals surface area contributed by atoms with E-state index in [0.29, 0.717) is 5.69 Å². The van der Waals surface area contributed by atoms with Crippen molar-refractivity contribution in [3.8, 4) is 61.3 Å². The van der Waals surface area contributed by atoms with E-state index in [9.17, 15) is 8.22 Å². The molecule has 4 heterocycles. The topological polar surface area (TPSA) is 24.6 Å². The summed E-state index contributed by atoms with van der Waals surface area (Å²) in [4.78, 5) is 5.03. The molecule has 0 fully saturated rings. The predicted octanol–water partition coefficient (Wildman–Crippen LogP) is 25.6. The van der Waals surface area contributed by atoms with Gasteiger partial charge in [-0.2, -0.15) is 0 Å². The predicted molar refractivity (Wildman–Crippen MR) is 443 cm³/mol. The van der Waals surface area contributed by atoms with Crippen LogP contribution in [0.2, 0.25) is 0 Å². The highest BCUT2D eigenvalue weighted by atomic mass is 16.3. The number of hydrogen-bond acceptors (Lipinski definition) is 3. The zero-order valence-corrected chi connectivity index (χ0v) is 61.7. The Bertz CT molecular complexity index is 6200. The third-order valence-electron chi connectivity index (χ3n) is 21.5. The number of hydrogen-bond donors (Lipinski definition) is 0. The van der Waals surface area contributed by atoms with E-state index in [4.69, 9.17) is 7.16 Å². The van der Waals surface area contributed by atoms with Gasteiger partial charge in [0.25, 0.3) is 6.71 Å². The van der Waals surface area contributed by atoms with Crippen molar-refractivity contribution in [2.75, 3.05) is 9.80 Å². The zero-order chi connectivity index (χ0) is 78.4. The molecule has 2 aliphatic rings. The summed E-state index contributed by atoms with van der Waals surface area (Å²) in [5.74, 6) is 0. The summed E-state index contributed by atoms with van der Waals surface area (Å²) >= 11 is 0. The second-order valence-corrected chi connectivity index (χ2v) is 33.7. The van der Waals surface area contributed by atoms with Crippen LogP contribution in [-0.4, -0.2) is 11.3 Å². The second kappa shape index (κ2) is 23.9. The molecule has 2 aromatic heterocycles. The highest BCUT2D eigenvalue weighted by Gasteiger charge is 2.46. The summed E-state index contributed by atoms with van der Waals surface area (Å²) < 4.78 is 84.8. The lowest BCUT2D eigenvalue weighted by Crippen LogP contribution is -2.61. The molecule has 0 unspecified atom stereocenters. The van der Waals surface area contributed by atoms with E-state index < -0.39 is 43.0 Å². The van der Waals surface area contributed by atoms with E-state index in [0.717, 1.165) is 134 Å². The minimum atomic E-state index is -0.516. The van der Waals surface area contributed by atoms with Crippen LogP contribution in [0.25, 0.3) is 105 Å². The molecule has 0 spiro atoms. The Morgan fingerprint density at radius 2 is 0.718 bits per heavy atom. The van der Waals surface area contributed by atoms with Crippen molar-refractivity contribution >= 4 is 101 Å². The number of aromatic nitrogens is 1. The maximum absolute atomic E-state index is 9.91. The Hall–Kier alpha value is -10.9. The van der Waals surface area contributed by atoms with Crippen LogP contribution in [0.4, 0.5) is 34.1 Å². The van der Waals surface area contributed by atoms with Gasteiger partial charge in [-0.15, -0.1) is 0 Å². The van der Waals surface area contributed by atoms with Gasteiger partial charge in [0.05, 0.1) is 38.8 Å². The molecule has 5 heteroatoms. The fourth-order valence-corrected chi connectivity index (χ4v) is 15.8. The van der Waals surface area contributed by atoms with Gasteiger partial charge in [0.2, 0.25) is 0 Å². The second-order valence-electron chi connectivity index (χ2n) is 33.7. The van der Waals surface area contributed by atoms with Gasteiger partial charge < -0.3 is 18.8 Å². The Morgan fingerprint density at radius 3 is 1.24 bits per heavy atom. The molecule has 103 heavy (non-hydrogen) atoms. The van der Waals surface area contributed by atoms with Crippen LogP contribution >= 0.6 is 0 Å². The number of fused-ring (bicyclic) bond motifs is 10. The number of rotatable bonds is 8. The highest BCUT2D eigenvalue weighted by Crippen LogP contribution is 2.55. The largest absolute Gasteiger partial charge is 0.456 e. The highest BCUT2D eigenvalue weighted by molar-refractivity contribution is 7.00. The summed E-state index contributed by atoms with van der Waals surface area (Å²) in [5.41, 5.74) is 25.2. The monoisotopic (exact) mass is 1340 g/mol. The standard InChI is InChI=1S/C98H90BN3O/c1-94(2,3)69-47-65(48-70(56-69)95(4,5)6)64-43-45-80-84(51-64)101(86-52-68(61-31-19-16-20-32-61)55-90-91(86)77-39-27-30-42-89(77)103-90)87-53-67(66-49-71(96(7,8)9)57-72(50-66)97(10,11)12)54-88-92(87)99(80)81-46-44-74(100-82-40-28-25-37-75(82)76-38-26-29-41-83(76)100)60-85(81)102(88)93-78(62-33-21-17-22-34-62)58-73(98(13,14)15)59-79(93)63-35-23-18-24-36-63/h16-60H,1-15H3/i25D,26D,28D,29D,37D,38D,40D,41D. The molecule has 506 valence electrons. The van der Waals surface area contributed by atoms with E-state index in [2.05, 4.69) is 326 Å². The van der Waals surface area contributed by atoms with E-state index in [-0.39, 0.29) is 61.0 Å². The molecule has 0 atom stereocenters. The molecule has 4 nitrogen and oxygen atoms in total. The van der Waals surface area contributed by atoms with Gasteiger partial charge in [-0.25, -0.2) is 0 Å². The number of benzene rings is 13. The summed E-state index contributed by atoms with van der Waals surface area (Å²) in [7, 11) is 0. The molecule has 0 saturated heterocycles. The van der Waals surface area contributed by atoms with Crippen LogP contribution in [0.15, 0.2) is 277 Å². The molecule has 13 aromatic carbocycles. The van der Waals surface area contributed by atoms with E-state index in [1.807, 2.05) is 12.1 Å². The van der Waals surface area contributed by atoms with Crippen molar-refractivity contribution in [1.29, 1.82) is 0 Å². The van der Waals surface area contributed by atoms with Gasteiger partial charge in [-0.05, 0) is 189 Å². The molecule has 0 N–H and O–H groups in total. The Balaban J connectivity index is 1.11. The van der Waals surface area contributed by atoms with Gasteiger partial charge in [0, 0.05) is 55.7 Å². The minimum Gasteiger partial charge on any atom is -0.456 e. The first-order chi connectivity index (χ1) is 52.5. The maximum atomic E-state index is 9.91. The molecule has 0 saturated carbocycles. The number of para-hydroxylation sites is 3. The van der Waals surface area contributed by atoms with Gasteiger partial charge in [0.15, 0.2) is 0 Å². The molecule has 17 rings (SSSR count). The average Bonchev–Trinajstić information content (AvgIpc) is 1.60. The van der Waals surface area contributed by atoms with Crippen molar-refractivity contribution in [1.82, 2.24) is 4.57 Å². The van der Waals surface area contributed by atoms with Crippen LogP contribution in [0, 0.1) is 0 Å². The smallest absolute Gasteiger partial charge is 0.252 e. The van der Waals surface area contributed by atoms with Crippen LogP contribution in [0.5, 0.6) is 0 Å². The summed E-state index contributed by atoms with van der Waals surface area (Å²) in [6.45, 7) is 33.8. The quantitative estimate of drug-likeness (QED) is 0.142. The summed E-state index contributed by atoms with van der Waals surface area (Å²) in [5, 5.41) is 1.96. The van der Waals surface area contributed by atoms with E-state index in [1.54, 1.807) is 4.57 Å². The Kier molecular flexibility index (Phi) is 13.1. The zero-order valence-electron chi connectivity index (χ0n) is 69.7. The summed E-state index contributed by atoms with van der Waals surface area (Å²) in [6.07, 6.45) is 0.